The normalized spacial score (nSPS) is 20.4. The van der Waals surface area contributed by atoms with E-state index in [9.17, 15) is 21.6 Å². The minimum absolute atomic E-state index is 0.0843. The van der Waals surface area contributed by atoms with E-state index >= 15 is 0 Å². The Balaban J connectivity index is 2.86. The molecule has 1 aliphatic heterocycles. The van der Waals surface area contributed by atoms with Gasteiger partial charge in [-0.2, -0.15) is 4.31 Å². The van der Waals surface area contributed by atoms with Crippen molar-refractivity contribution in [1.82, 2.24) is 4.31 Å². The Bertz CT molecular complexity index is 537. The van der Waals surface area contributed by atoms with Crippen molar-refractivity contribution in [2.75, 3.05) is 18.1 Å². The monoisotopic (exact) mass is 327 g/mol. The SMILES string of the molecule is CC(C)N(CCC(=O)O)S(=O)(=O)C1CCS(=O)(=O)CC1. The number of sulfonamides is 1. The molecule has 0 aromatic heterocycles. The van der Waals surface area contributed by atoms with Crippen molar-refractivity contribution in [2.24, 2.45) is 0 Å². The molecular weight excluding hydrogens is 306 g/mol. The van der Waals surface area contributed by atoms with Crippen LogP contribution in [0.5, 0.6) is 0 Å². The molecule has 1 fully saturated rings. The van der Waals surface area contributed by atoms with Crippen molar-refractivity contribution >= 4 is 25.8 Å². The molecule has 0 amide bonds. The second-order valence-electron chi connectivity index (χ2n) is 5.24. The van der Waals surface area contributed by atoms with Crippen LogP contribution in [0, 0.1) is 0 Å². The van der Waals surface area contributed by atoms with E-state index in [-0.39, 0.29) is 43.4 Å². The van der Waals surface area contributed by atoms with Gasteiger partial charge in [0.25, 0.3) is 0 Å². The number of hydrogen-bond acceptors (Lipinski definition) is 5. The van der Waals surface area contributed by atoms with Gasteiger partial charge < -0.3 is 5.11 Å². The van der Waals surface area contributed by atoms with E-state index in [1.807, 2.05) is 0 Å². The molecule has 0 bridgehead atoms. The smallest absolute Gasteiger partial charge is 0.304 e. The van der Waals surface area contributed by atoms with Gasteiger partial charge in [0.15, 0.2) is 0 Å². The Hall–Kier alpha value is -0.670. The van der Waals surface area contributed by atoms with Gasteiger partial charge in [0.2, 0.25) is 10.0 Å². The van der Waals surface area contributed by atoms with Crippen molar-refractivity contribution in [3.05, 3.63) is 0 Å². The first-order valence-corrected chi connectivity index (χ1v) is 9.81. The fourth-order valence-electron chi connectivity index (χ4n) is 2.24. The van der Waals surface area contributed by atoms with E-state index in [1.54, 1.807) is 13.8 Å². The Labute approximate surface area is 119 Å². The van der Waals surface area contributed by atoms with Gasteiger partial charge in [-0.25, -0.2) is 16.8 Å². The molecule has 0 aromatic carbocycles. The van der Waals surface area contributed by atoms with E-state index in [0.29, 0.717) is 0 Å². The molecule has 118 valence electrons. The molecule has 0 unspecified atom stereocenters. The second-order valence-corrected chi connectivity index (χ2v) is 9.71. The first kappa shape index (κ1) is 17.4. The van der Waals surface area contributed by atoms with Crippen LogP contribution in [0.4, 0.5) is 0 Å². The summed E-state index contributed by atoms with van der Waals surface area (Å²) in [4.78, 5) is 10.6. The van der Waals surface area contributed by atoms with E-state index in [2.05, 4.69) is 0 Å². The molecule has 1 saturated heterocycles. The molecule has 0 aromatic rings. The van der Waals surface area contributed by atoms with E-state index in [4.69, 9.17) is 5.11 Å². The lowest BCUT2D eigenvalue weighted by Gasteiger charge is -2.31. The lowest BCUT2D eigenvalue weighted by atomic mass is 10.2. The maximum absolute atomic E-state index is 12.5. The highest BCUT2D eigenvalue weighted by atomic mass is 32.2. The quantitative estimate of drug-likeness (QED) is 0.740. The third kappa shape index (κ3) is 4.42. The highest BCUT2D eigenvalue weighted by Gasteiger charge is 2.37. The van der Waals surface area contributed by atoms with Gasteiger partial charge in [-0.05, 0) is 26.7 Å². The zero-order valence-electron chi connectivity index (χ0n) is 11.6. The van der Waals surface area contributed by atoms with Crippen molar-refractivity contribution in [3.8, 4) is 0 Å². The highest BCUT2D eigenvalue weighted by Crippen LogP contribution is 2.24. The third-order valence-electron chi connectivity index (χ3n) is 3.37. The van der Waals surface area contributed by atoms with Crippen LogP contribution in [0.15, 0.2) is 0 Å². The molecule has 7 nitrogen and oxygen atoms in total. The van der Waals surface area contributed by atoms with Gasteiger partial charge in [-0.15, -0.1) is 0 Å². The van der Waals surface area contributed by atoms with Gasteiger partial charge >= 0.3 is 5.97 Å². The van der Waals surface area contributed by atoms with Crippen LogP contribution >= 0.6 is 0 Å². The van der Waals surface area contributed by atoms with Crippen LogP contribution in [-0.2, 0) is 24.7 Å². The second kappa shape index (κ2) is 6.40. The molecular formula is C11H21NO6S2. The number of aliphatic carboxylic acids is 1. The summed E-state index contributed by atoms with van der Waals surface area (Å²) in [6, 6.07) is -0.349. The van der Waals surface area contributed by atoms with E-state index < -0.39 is 31.1 Å². The highest BCUT2D eigenvalue weighted by molar-refractivity contribution is 7.92. The van der Waals surface area contributed by atoms with E-state index in [0.717, 1.165) is 0 Å². The Morgan fingerprint density at radius 1 is 1.30 bits per heavy atom. The topological polar surface area (TPSA) is 109 Å². The summed E-state index contributed by atoms with van der Waals surface area (Å²) in [7, 11) is -6.79. The number of sulfone groups is 1. The van der Waals surface area contributed by atoms with Crippen molar-refractivity contribution in [3.63, 3.8) is 0 Å². The maximum atomic E-state index is 12.5. The minimum atomic E-state index is -3.66. The lowest BCUT2D eigenvalue weighted by molar-refractivity contribution is -0.137. The van der Waals surface area contributed by atoms with Crippen LogP contribution in [0.25, 0.3) is 0 Å². The number of carboxylic acids is 1. The molecule has 9 heteroatoms. The summed E-state index contributed by atoms with van der Waals surface area (Å²) in [6.45, 7) is 3.27. The molecule has 0 atom stereocenters. The number of carbonyl (C=O) groups is 1. The van der Waals surface area contributed by atoms with Crippen molar-refractivity contribution in [2.45, 2.75) is 44.4 Å². The Morgan fingerprint density at radius 3 is 2.20 bits per heavy atom. The molecule has 0 spiro atoms. The van der Waals surface area contributed by atoms with Gasteiger partial charge in [0.05, 0.1) is 23.2 Å². The summed E-state index contributed by atoms with van der Waals surface area (Å²) in [5.41, 5.74) is 0. The Kier molecular flexibility index (Phi) is 5.56. The van der Waals surface area contributed by atoms with Crippen molar-refractivity contribution < 1.29 is 26.7 Å². The lowest BCUT2D eigenvalue weighted by Crippen LogP contribution is -2.46. The predicted molar refractivity (Wildman–Crippen MR) is 74.7 cm³/mol. The molecule has 0 saturated carbocycles. The largest absolute Gasteiger partial charge is 0.481 e. The fraction of sp³-hybridized carbons (Fsp3) is 0.909. The summed E-state index contributed by atoms with van der Waals surface area (Å²) in [5, 5.41) is 7.95. The zero-order chi connectivity index (χ0) is 15.6. The predicted octanol–water partition coefficient (Wildman–Crippen LogP) is 0.0785. The van der Waals surface area contributed by atoms with Crippen LogP contribution < -0.4 is 0 Å². The van der Waals surface area contributed by atoms with E-state index in [1.165, 1.54) is 4.31 Å². The molecule has 0 aliphatic carbocycles. The van der Waals surface area contributed by atoms with Gasteiger partial charge in [0.1, 0.15) is 9.84 Å². The van der Waals surface area contributed by atoms with Crippen molar-refractivity contribution in [1.29, 1.82) is 0 Å². The standard InChI is InChI=1S/C11H21NO6S2/c1-9(2)12(6-3-11(13)14)20(17,18)10-4-7-19(15,16)8-5-10/h9-10H,3-8H2,1-2H3,(H,13,14). The fourth-order valence-corrected chi connectivity index (χ4v) is 6.18. The summed E-state index contributed by atoms with van der Waals surface area (Å²) >= 11 is 0. The molecule has 1 aliphatic rings. The molecule has 0 radical (unpaired) electrons. The number of rotatable bonds is 6. The number of nitrogens with zero attached hydrogens (tertiary/aromatic N) is 1. The van der Waals surface area contributed by atoms with Crippen LogP contribution in [0.2, 0.25) is 0 Å². The average Bonchev–Trinajstić information content (AvgIpc) is 2.27. The van der Waals surface area contributed by atoms with Crippen LogP contribution in [0.1, 0.15) is 33.1 Å². The number of hydrogen-bond donors (Lipinski definition) is 1. The van der Waals surface area contributed by atoms with Gasteiger partial charge in [-0.3, -0.25) is 4.79 Å². The molecule has 1 heterocycles. The summed E-state index contributed by atoms with van der Waals surface area (Å²) in [6.07, 6.45) is -0.0929. The molecule has 20 heavy (non-hydrogen) atoms. The molecule has 1 N–H and O–H groups in total. The van der Waals surface area contributed by atoms with Gasteiger partial charge in [0, 0.05) is 12.6 Å². The third-order valence-corrected chi connectivity index (χ3v) is 7.66. The first-order chi connectivity index (χ1) is 9.06. The first-order valence-electron chi connectivity index (χ1n) is 6.49. The molecule has 1 rings (SSSR count). The van der Waals surface area contributed by atoms with Crippen LogP contribution in [0.3, 0.4) is 0 Å². The zero-order valence-corrected chi connectivity index (χ0v) is 13.3. The summed E-state index contributed by atoms with van der Waals surface area (Å²) < 4.78 is 48.9. The Morgan fingerprint density at radius 2 is 1.80 bits per heavy atom. The summed E-state index contributed by atoms with van der Waals surface area (Å²) in [5.74, 6) is -1.30. The minimum Gasteiger partial charge on any atom is -0.481 e. The maximum Gasteiger partial charge on any atom is 0.304 e. The van der Waals surface area contributed by atoms with Crippen LogP contribution in [-0.4, -0.2) is 61.6 Å². The average molecular weight is 327 g/mol. The van der Waals surface area contributed by atoms with Gasteiger partial charge in [-0.1, -0.05) is 0 Å². The number of carboxylic acid groups (broad SMARTS) is 1.